The van der Waals surface area contributed by atoms with Crippen LogP contribution in [-0.2, 0) is 9.84 Å². The van der Waals surface area contributed by atoms with Crippen molar-refractivity contribution in [3.63, 3.8) is 0 Å². The molecule has 12 heavy (non-hydrogen) atoms. The molecule has 5 heteroatoms. The van der Waals surface area contributed by atoms with Crippen molar-refractivity contribution in [1.82, 2.24) is 4.98 Å². The predicted molar refractivity (Wildman–Crippen MR) is 54.8 cm³/mol. The van der Waals surface area contributed by atoms with Crippen LogP contribution in [0.4, 0.5) is 0 Å². The number of hydrogen-bond acceptors (Lipinski definition) is 3. The molecule has 0 aliphatic carbocycles. The standard InChI is InChI=1S/C7H8INO2S/c1-5-6(8)3-4-7(9-5)12(2,10)11/h3-4H,1-2H3. The molecule has 1 aromatic heterocycles. The predicted octanol–water partition coefficient (Wildman–Crippen LogP) is 1.40. The van der Waals surface area contributed by atoms with Crippen molar-refractivity contribution >= 4 is 32.4 Å². The third-order valence-corrected chi connectivity index (χ3v) is 3.50. The normalized spacial score (nSPS) is 11.6. The maximum absolute atomic E-state index is 11.0. The second kappa shape index (κ2) is 3.29. The number of sulfone groups is 1. The van der Waals surface area contributed by atoms with Gasteiger partial charge in [0.2, 0.25) is 0 Å². The molecular weight excluding hydrogens is 289 g/mol. The van der Waals surface area contributed by atoms with Gasteiger partial charge in [-0.15, -0.1) is 0 Å². The maximum atomic E-state index is 11.0. The van der Waals surface area contributed by atoms with E-state index in [9.17, 15) is 8.42 Å². The van der Waals surface area contributed by atoms with Gasteiger partial charge in [0.25, 0.3) is 0 Å². The Morgan fingerprint density at radius 1 is 1.42 bits per heavy atom. The second-order valence-corrected chi connectivity index (χ2v) is 5.61. The highest BCUT2D eigenvalue weighted by Gasteiger charge is 2.09. The second-order valence-electron chi connectivity index (χ2n) is 2.49. The van der Waals surface area contributed by atoms with Crippen LogP contribution in [0.25, 0.3) is 0 Å². The van der Waals surface area contributed by atoms with Gasteiger partial charge >= 0.3 is 0 Å². The van der Waals surface area contributed by atoms with Crippen molar-refractivity contribution in [3.05, 3.63) is 21.4 Å². The van der Waals surface area contributed by atoms with Gasteiger partial charge in [-0.25, -0.2) is 13.4 Å². The van der Waals surface area contributed by atoms with Crippen LogP contribution in [0, 0.1) is 10.5 Å². The summed E-state index contributed by atoms with van der Waals surface area (Å²) in [7, 11) is -3.16. The van der Waals surface area contributed by atoms with Crippen molar-refractivity contribution in [2.75, 3.05) is 6.26 Å². The number of hydrogen-bond donors (Lipinski definition) is 0. The third-order valence-electron chi connectivity index (χ3n) is 1.38. The lowest BCUT2D eigenvalue weighted by Crippen LogP contribution is -2.02. The van der Waals surface area contributed by atoms with E-state index < -0.39 is 9.84 Å². The summed E-state index contributed by atoms with van der Waals surface area (Å²) >= 11 is 2.11. The molecule has 0 saturated carbocycles. The minimum absolute atomic E-state index is 0.139. The van der Waals surface area contributed by atoms with Crippen molar-refractivity contribution in [2.45, 2.75) is 11.9 Å². The van der Waals surface area contributed by atoms with Gasteiger partial charge in [-0.1, -0.05) is 0 Å². The number of rotatable bonds is 1. The summed E-state index contributed by atoms with van der Waals surface area (Å²) in [5, 5.41) is 0.139. The Morgan fingerprint density at radius 3 is 2.42 bits per heavy atom. The molecule has 0 N–H and O–H groups in total. The molecule has 0 amide bonds. The summed E-state index contributed by atoms with van der Waals surface area (Å²) in [6, 6.07) is 3.27. The number of aryl methyl sites for hydroxylation is 1. The average Bonchev–Trinajstić information content (AvgIpc) is 1.92. The summed E-state index contributed by atoms with van der Waals surface area (Å²) < 4.78 is 23.0. The Labute approximate surface area is 85.3 Å². The zero-order valence-corrected chi connectivity index (χ0v) is 9.68. The number of nitrogens with zero attached hydrogens (tertiary/aromatic N) is 1. The molecule has 1 rings (SSSR count). The molecule has 0 aromatic carbocycles. The van der Waals surface area contributed by atoms with Crippen LogP contribution >= 0.6 is 22.6 Å². The Kier molecular flexibility index (Phi) is 2.72. The first-order chi connectivity index (χ1) is 5.41. The third kappa shape index (κ3) is 2.16. The lowest BCUT2D eigenvalue weighted by atomic mass is 10.4. The summed E-state index contributed by atoms with van der Waals surface area (Å²) in [6.07, 6.45) is 1.15. The van der Waals surface area contributed by atoms with Crippen LogP contribution in [0.5, 0.6) is 0 Å². The fraction of sp³-hybridized carbons (Fsp3) is 0.286. The van der Waals surface area contributed by atoms with Gasteiger partial charge < -0.3 is 0 Å². The smallest absolute Gasteiger partial charge is 0.192 e. The van der Waals surface area contributed by atoms with Gasteiger partial charge in [0.1, 0.15) is 0 Å². The first-order valence-corrected chi connectivity index (χ1v) is 6.21. The minimum atomic E-state index is -3.16. The van der Waals surface area contributed by atoms with Crippen LogP contribution in [0.2, 0.25) is 0 Å². The highest BCUT2D eigenvalue weighted by molar-refractivity contribution is 14.1. The van der Waals surface area contributed by atoms with Gasteiger partial charge in [-0.05, 0) is 41.6 Å². The van der Waals surface area contributed by atoms with E-state index in [4.69, 9.17) is 0 Å². The van der Waals surface area contributed by atoms with Gasteiger partial charge in [0.05, 0.1) is 5.69 Å². The first kappa shape index (κ1) is 9.91. The molecule has 66 valence electrons. The highest BCUT2D eigenvalue weighted by atomic mass is 127. The fourth-order valence-electron chi connectivity index (χ4n) is 0.728. The Bertz CT molecular complexity index is 400. The van der Waals surface area contributed by atoms with E-state index in [1.165, 1.54) is 6.07 Å². The molecule has 0 saturated heterocycles. The highest BCUT2D eigenvalue weighted by Crippen LogP contribution is 2.12. The Balaban J connectivity index is 3.33. The van der Waals surface area contributed by atoms with E-state index in [0.29, 0.717) is 0 Å². The van der Waals surface area contributed by atoms with Crippen LogP contribution in [0.15, 0.2) is 17.2 Å². The molecule has 0 fully saturated rings. The summed E-state index contributed by atoms with van der Waals surface area (Å²) in [5.41, 5.74) is 0.749. The molecule has 0 spiro atoms. The molecule has 1 heterocycles. The van der Waals surface area contributed by atoms with Crippen molar-refractivity contribution in [3.8, 4) is 0 Å². The molecule has 0 aliphatic rings. The average molecular weight is 297 g/mol. The van der Waals surface area contributed by atoms with Gasteiger partial charge in [0.15, 0.2) is 14.9 Å². The van der Waals surface area contributed by atoms with Crippen LogP contribution in [0.3, 0.4) is 0 Å². The van der Waals surface area contributed by atoms with Crippen LogP contribution in [0.1, 0.15) is 5.69 Å². The topological polar surface area (TPSA) is 47.0 Å². The van der Waals surface area contributed by atoms with Gasteiger partial charge in [0, 0.05) is 9.83 Å². The molecule has 3 nitrogen and oxygen atoms in total. The maximum Gasteiger partial charge on any atom is 0.192 e. The van der Waals surface area contributed by atoms with E-state index in [1.807, 2.05) is 0 Å². The monoisotopic (exact) mass is 297 g/mol. The van der Waals surface area contributed by atoms with E-state index in [1.54, 1.807) is 13.0 Å². The number of pyridine rings is 1. The van der Waals surface area contributed by atoms with E-state index >= 15 is 0 Å². The van der Waals surface area contributed by atoms with Gasteiger partial charge in [-0.3, -0.25) is 0 Å². The van der Waals surface area contributed by atoms with Crippen molar-refractivity contribution < 1.29 is 8.42 Å². The zero-order valence-electron chi connectivity index (χ0n) is 6.70. The Hall–Kier alpha value is -0.170. The lowest BCUT2D eigenvalue weighted by molar-refractivity contribution is 0.598. The molecule has 0 atom stereocenters. The summed E-state index contributed by atoms with van der Waals surface area (Å²) in [4.78, 5) is 3.95. The SMILES string of the molecule is Cc1nc(S(C)(=O)=O)ccc1I. The lowest BCUT2D eigenvalue weighted by Gasteiger charge is -2.00. The molecule has 0 aliphatic heterocycles. The first-order valence-electron chi connectivity index (χ1n) is 3.24. The van der Waals surface area contributed by atoms with Crippen LogP contribution in [-0.4, -0.2) is 19.7 Å². The molecule has 1 aromatic rings. The number of aromatic nitrogens is 1. The van der Waals surface area contributed by atoms with Crippen molar-refractivity contribution in [2.24, 2.45) is 0 Å². The van der Waals surface area contributed by atoms with E-state index in [2.05, 4.69) is 27.6 Å². The zero-order chi connectivity index (χ0) is 9.35. The molecular formula is C7H8INO2S. The largest absolute Gasteiger partial charge is 0.240 e. The molecule has 0 radical (unpaired) electrons. The van der Waals surface area contributed by atoms with Crippen LogP contribution < -0.4 is 0 Å². The fourth-order valence-corrected chi connectivity index (χ4v) is 1.65. The Morgan fingerprint density at radius 2 is 2.00 bits per heavy atom. The minimum Gasteiger partial charge on any atom is -0.240 e. The number of halogens is 1. The van der Waals surface area contributed by atoms with E-state index in [0.717, 1.165) is 15.5 Å². The van der Waals surface area contributed by atoms with Crippen molar-refractivity contribution in [1.29, 1.82) is 0 Å². The van der Waals surface area contributed by atoms with Gasteiger partial charge in [-0.2, -0.15) is 0 Å². The summed E-state index contributed by atoms with van der Waals surface area (Å²) in [6.45, 7) is 1.79. The van der Waals surface area contributed by atoms with E-state index in [-0.39, 0.29) is 5.03 Å². The summed E-state index contributed by atoms with van der Waals surface area (Å²) in [5.74, 6) is 0. The molecule has 0 unspecified atom stereocenters. The molecule has 0 bridgehead atoms. The quantitative estimate of drug-likeness (QED) is 0.736.